The molecule has 3 aromatic rings. The second-order valence-electron chi connectivity index (χ2n) is 8.07. The molecule has 8 heteroatoms. The Balaban J connectivity index is 1.66. The molecule has 2 heterocycles. The van der Waals surface area contributed by atoms with Gasteiger partial charge in [-0.1, -0.05) is 11.6 Å². The van der Waals surface area contributed by atoms with Gasteiger partial charge in [0.15, 0.2) is 23.1 Å². The zero-order valence-corrected chi connectivity index (χ0v) is 18.7. The first-order valence-electron chi connectivity index (χ1n) is 11.4. The van der Waals surface area contributed by atoms with E-state index in [0.717, 1.165) is 31.4 Å². The Hall–Kier alpha value is -3.13. The Bertz CT molecular complexity index is 1220. The fourth-order valence-corrected chi connectivity index (χ4v) is 4.03. The summed E-state index contributed by atoms with van der Waals surface area (Å²) in [5, 5.41) is 3.20. The van der Waals surface area contributed by atoms with Gasteiger partial charge in [-0.3, -0.25) is 9.36 Å². The fraction of sp³-hybridized carbons (Fsp3) is 0.400. The quantitative estimate of drug-likeness (QED) is 0.361. The van der Waals surface area contributed by atoms with Gasteiger partial charge in [-0.25, -0.2) is 18.7 Å². The summed E-state index contributed by atoms with van der Waals surface area (Å²) in [6.07, 6.45) is 7.87. The molecule has 4 rings (SSSR count). The van der Waals surface area contributed by atoms with Gasteiger partial charge < -0.3 is 10.1 Å². The third kappa shape index (κ3) is 5.45. The first kappa shape index (κ1) is 23.0. The van der Waals surface area contributed by atoms with Crippen LogP contribution in [0.1, 0.15) is 39.0 Å². The third-order valence-corrected chi connectivity index (χ3v) is 5.79. The van der Waals surface area contributed by atoms with Crippen molar-refractivity contribution in [1.29, 1.82) is 0 Å². The summed E-state index contributed by atoms with van der Waals surface area (Å²) >= 11 is 0. The standard InChI is InChI=1S/C25H28F2N4O2/c1-2-33-15-14-31-24-22(11-10-21(30-24)18-8-9-19(26)20(27)16-18)29-23(25(31)32)28-13-12-17-6-4-3-5-7-17/h6,8-11,16H,2-5,7,12-15H2,1H3,(H,28,29). The molecule has 1 aromatic carbocycles. The molecule has 1 N–H and O–H groups in total. The molecule has 0 fully saturated rings. The molecule has 1 aliphatic carbocycles. The maximum Gasteiger partial charge on any atom is 0.295 e. The number of hydrogen-bond donors (Lipinski definition) is 1. The molecule has 0 saturated heterocycles. The molecule has 6 nitrogen and oxygen atoms in total. The highest BCUT2D eigenvalue weighted by atomic mass is 19.2. The average Bonchev–Trinajstić information content (AvgIpc) is 2.83. The molecular formula is C25H28F2N4O2. The number of halogens is 2. The number of aromatic nitrogens is 3. The van der Waals surface area contributed by atoms with Crippen molar-refractivity contribution in [3.05, 3.63) is 64.0 Å². The second kappa shape index (κ2) is 10.7. The molecule has 0 spiro atoms. The van der Waals surface area contributed by atoms with Gasteiger partial charge in [0, 0.05) is 18.7 Å². The van der Waals surface area contributed by atoms with Gasteiger partial charge in [0.2, 0.25) is 0 Å². The molecule has 0 bridgehead atoms. The van der Waals surface area contributed by atoms with Gasteiger partial charge in [0.1, 0.15) is 5.52 Å². The van der Waals surface area contributed by atoms with E-state index < -0.39 is 11.6 Å². The van der Waals surface area contributed by atoms with E-state index in [1.807, 2.05) is 6.92 Å². The van der Waals surface area contributed by atoms with Crippen LogP contribution in [-0.4, -0.2) is 34.3 Å². The maximum absolute atomic E-state index is 13.7. The number of anilines is 1. The normalized spacial score (nSPS) is 13.8. The predicted octanol–water partition coefficient (Wildman–Crippen LogP) is 5.08. The number of rotatable bonds is 9. The number of nitrogens with one attached hydrogen (secondary N) is 1. The summed E-state index contributed by atoms with van der Waals surface area (Å²) in [6.45, 7) is 3.70. The van der Waals surface area contributed by atoms with Crippen LogP contribution in [0.5, 0.6) is 0 Å². The van der Waals surface area contributed by atoms with Gasteiger partial charge in [-0.2, -0.15) is 0 Å². The minimum absolute atomic E-state index is 0.276. The van der Waals surface area contributed by atoms with Crippen LogP contribution in [0, 0.1) is 11.6 Å². The summed E-state index contributed by atoms with van der Waals surface area (Å²) in [7, 11) is 0. The van der Waals surface area contributed by atoms with Gasteiger partial charge in [0.05, 0.1) is 18.8 Å². The molecule has 0 radical (unpaired) electrons. The van der Waals surface area contributed by atoms with Crippen molar-refractivity contribution in [2.45, 2.75) is 45.6 Å². The summed E-state index contributed by atoms with van der Waals surface area (Å²) in [6, 6.07) is 7.04. The zero-order chi connectivity index (χ0) is 23.2. The highest BCUT2D eigenvalue weighted by Gasteiger charge is 2.15. The van der Waals surface area contributed by atoms with E-state index >= 15 is 0 Å². The number of pyridine rings is 1. The lowest BCUT2D eigenvalue weighted by atomic mass is 9.97. The van der Waals surface area contributed by atoms with Gasteiger partial charge in [-0.05, 0) is 69.4 Å². The molecule has 174 valence electrons. The lowest BCUT2D eigenvalue weighted by Gasteiger charge is -2.15. The molecule has 1 aliphatic rings. The maximum atomic E-state index is 13.7. The number of allylic oxidation sites excluding steroid dienone is 1. The summed E-state index contributed by atoms with van der Waals surface area (Å²) in [5.74, 6) is -1.60. The highest BCUT2D eigenvalue weighted by molar-refractivity contribution is 5.76. The fourth-order valence-electron chi connectivity index (χ4n) is 4.03. The number of ether oxygens (including phenoxy) is 1. The van der Waals surface area contributed by atoms with Crippen LogP contribution in [-0.2, 0) is 11.3 Å². The summed E-state index contributed by atoms with van der Waals surface area (Å²) < 4.78 is 34.1. The van der Waals surface area contributed by atoms with E-state index in [0.29, 0.717) is 48.7 Å². The van der Waals surface area contributed by atoms with Crippen molar-refractivity contribution in [2.24, 2.45) is 0 Å². The van der Waals surface area contributed by atoms with Crippen molar-refractivity contribution in [3.63, 3.8) is 0 Å². The van der Waals surface area contributed by atoms with Gasteiger partial charge >= 0.3 is 0 Å². The third-order valence-electron chi connectivity index (χ3n) is 5.79. The van der Waals surface area contributed by atoms with Crippen LogP contribution < -0.4 is 10.9 Å². The Morgan fingerprint density at radius 1 is 1.12 bits per heavy atom. The van der Waals surface area contributed by atoms with Crippen LogP contribution in [0.15, 0.2) is 46.8 Å². The number of hydrogen-bond acceptors (Lipinski definition) is 5. The van der Waals surface area contributed by atoms with Gasteiger partial charge in [-0.15, -0.1) is 0 Å². The Labute approximate surface area is 191 Å². The molecule has 0 saturated carbocycles. The average molecular weight is 455 g/mol. The number of nitrogens with zero attached hydrogens (tertiary/aromatic N) is 3. The van der Waals surface area contributed by atoms with E-state index in [1.165, 1.54) is 29.0 Å². The van der Waals surface area contributed by atoms with E-state index in [-0.39, 0.29) is 11.4 Å². The molecule has 0 amide bonds. The lowest BCUT2D eigenvalue weighted by Crippen LogP contribution is -2.28. The molecule has 33 heavy (non-hydrogen) atoms. The molecule has 0 atom stereocenters. The van der Waals surface area contributed by atoms with E-state index in [2.05, 4.69) is 21.4 Å². The Morgan fingerprint density at radius 3 is 2.76 bits per heavy atom. The lowest BCUT2D eigenvalue weighted by molar-refractivity contribution is 0.139. The topological polar surface area (TPSA) is 69.0 Å². The summed E-state index contributed by atoms with van der Waals surface area (Å²) in [5.41, 5.74) is 2.90. The van der Waals surface area contributed by atoms with E-state index in [4.69, 9.17) is 4.74 Å². The molecule has 2 aromatic heterocycles. The predicted molar refractivity (Wildman–Crippen MR) is 125 cm³/mol. The largest absolute Gasteiger partial charge is 0.380 e. The van der Waals surface area contributed by atoms with Crippen LogP contribution in [0.4, 0.5) is 14.6 Å². The van der Waals surface area contributed by atoms with Crippen LogP contribution in [0.3, 0.4) is 0 Å². The first-order valence-corrected chi connectivity index (χ1v) is 11.4. The van der Waals surface area contributed by atoms with Crippen molar-refractivity contribution >= 4 is 17.0 Å². The number of benzene rings is 1. The van der Waals surface area contributed by atoms with Crippen molar-refractivity contribution in [2.75, 3.05) is 25.1 Å². The smallest absolute Gasteiger partial charge is 0.295 e. The van der Waals surface area contributed by atoms with Crippen molar-refractivity contribution in [3.8, 4) is 11.3 Å². The summed E-state index contributed by atoms with van der Waals surface area (Å²) in [4.78, 5) is 22.3. The van der Waals surface area contributed by atoms with Crippen LogP contribution >= 0.6 is 0 Å². The SMILES string of the molecule is CCOCCn1c(=O)c(NCCC2=CCCCC2)nc2ccc(-c3ccc(F)c(F)c3)nc21. The highest BCUT2D eigenvalue weighted by Crippen LogP contribution is 2.23. The molecule has 0 unspecified atom stereocenters. The van der Waals surface area contributed by atoms with E-state index in [9.17, 15) is 13.6 Å². The van der Waals surface area contributed by atoms with E-state index in [1.54, 1.807) is 12.1 Å². The number of fused-ring (bicyclic) bond motifs is 1. The van der Waals surface area contributed by atoms with Crippen LogP contribution in [0.2, 0.25) is 0 Å². The Morgan fingerprint density at radius 2 is 2.00 bits per heavy atom. The molecule has 0 aliphatic heterocycles. The molecular weight excluding hydrogens is 426 g/mol. The van der Waals surface area contributed by atoms with Gasteiger partial charge in [0.25, 0.3) is 5.56 Å². The Kier molecular flexibility index (Phi) is 7.44. The minimum Gasteiger partial charge on any atom is -0.380 e. The first-order chi connectivity index (χ1) is 16.1. The van der Waals surface area contributed by atoms with Crippen LogP contribution in [0.25, 0.3) is 22.4 Å². The zero-order valence-electron chi connectivity index (χ0n) is 18.7. The second-order valence-corrected chi connectivity index (χ2v) is 8.07. The van der Waals surface area contributed by atoms with Crippen molar-refractivity contribution < 1.29 is 13.5 Å². The monoisotopic (exact) mass is 454 g/mol. The van der Waals surface area contributed by atoms with Crippen molar-refractivity contribution in [1.82, 2.24) is 14.5 Å². The minimum atomic E-state index is -0.950.